The molecule has 0 bridgehead atoms. The molecular weight excluding hydrogens is 472 g/mol. The van der Waals surface area contributed by atoms with Gasteiger partial charge in [-0.1, -0.05) is 49.8 Å². The number of aromatic nitrogens is 2. The summed E-state index contributed by atoms with van der Waals surface area (Å²) in [5.74, 6) is -0.627. The fourth-order valence-corrected chi connectivity index (χ4v) is 6.45. The van der Waals surface area contributed by atoms with E-state index in [9.17, 15) is 13.2 Å². The predicted octanol–water partition coefficient (Wildman–Crippen LogP) is 3.05. The molecule has 2 heterocycles. The van der Waals surface area contributed by atoms with Gasteiger partial charge in [-0.3, -0.25) is 4.79 Å². The Bertz CT molecular complexity index is 1290. The van der Waals surface area contributed by atoms with Crippen LogP contribution >= 0.6 is 12.2 Å². The van der Waals surface area contributed by atoms with Crippen LogP contribution in [0.15, 0.2) is 66.0 Å². The van der Waals surface area contributed by atoms with Crippen LogP contribution in [0.3, 0.4) is 0 Å². The molecule has 3 aromatic rings. The van der Waals surface area contributed by atoms with Crippen molar-refractivity contribution in [3.05, 3.63) is 66.6 Å². The zero-order valence-electron chi connectivity index (χ0n) is 19.0. The first-order valence-corrected chi connectivity index (χ1v) is 13.1. The summed E-state index contributed by atoms with van der Waals surface area (Å²) < 4.78 is 35.0. The van der Waals surface area contributed by atoms with Crippen molar-refractivity contribution < 1.29 is 17.9 Å². The maximum absolute atomic E-state index is 13.0. The van der Waals surface area contributed by atoms with Gasteiger partial charge in [0.1, 0.15) is 18.3 Å². The Morgan fingerprint density at radius 3 is 2.74 bits per heavy atom. The minimum atomic E-state index is -3.83. The minimum Gasteiger partial charge on any atom is -0.460 e. The van der Waals surface area contributed by atoms with Crippen LogP contribution in [0.25, 0.3) is 5.65 Å². The van der Waals surface area contributed by atoms with Crippen molar-refractivity contribution in [1.29, 1.82) is 0 Å². The molecule has 34 heavy (non-hydrogen) atoms. The smallest absolute Gasteiger partial charge is 0.321 e. The highest BCUT2D eigenvalue weighted by molar-refractivity contribution is 7.89. The lowest BCUT2D eigenvalue weighted by molar-refractivity contribution is -0.153. The molecular formula is C24H28N4O4S2. The molecule has 2 atom stereocenters. The van der Waals surface area contributed by atoms with Crippen LogP contribution in [-0.2, 0) is 25.0 Å². The monoisotopic (exact) mass is 500 g/mol. The Balaban J connectivity index is 1.60. The third kappa shape index (κ3) is 4.45. The van der Waals surface area contributed by atoms with E-state index in [2.05, 4.69) is 4.98 Å². The maximum Gasteiger partial charge on any atom is 0.321 e. The largest absolute Gasteiger partial charge is 0.460 e. The van der Waals surface area contributed by atoms with E-state index in [1.807, 2.05) is 28.9 Å². The van der Waals surface area contributed by atoms with E-state index < -0.39 is 34.1 Å². The lowest BCUT2D eigenvalue weighted by Crippen LogP contribution is -2.53. The number of carbonyl (C=O) groups excluding carboxylic acids is 1. The zero-order chi connectivity index (χ0) is 24.3. The molecule has 1 aliphatic rings. The average molecular weight is 501 g/mol. The molecule has 2 N–H and O–H groups in total. The molecule has 0 saturated heterocycles. The number of likely N-dealkylation sites (N-methyl/N-ethyl adjacent to an activating group) is 1. The number of fused-ring (bicyclic) bond motifs is 1. The van der Waals surface area contributed by atoms with Crippen LogP contribution in [0.5, 0.6) is 0 Å². The predicted molar refractivity (Wildman–Crippen MR) is 133 cm³/mol. The second-order valence-electron chi connectivity index (χ2n) is 8.41. The quantitative estimate of drug-likeness (QED) is 0.374. The number of pyridine rings is 1. The second kappa shape index (κ2) is 9.81. The lowest BCUT2D eigenvalue weighted by atomic mass is 9.67. The van der Waals surface area contributed by atoms with Crippen molar-refractivity contribution in [3.63, 3.8) is 0 Å². The van der Waals surface area contributed by atoms with Gasteiger partial charge in [0.15, 0.2) is 0 Å². The summed E-state index contributed by atoms with van der Waals surface area (Å²) in [6.45, 7) is 1.43. The molecule has 1 aromatic carbocycles. The van der Waals surface area contributed by atoms with E-state index >= 15 is 0 Å². The normalized spacial score (nSPS) is 20.9. The molecule has 1 saturated carbocycles. The highest BCUT2D eigenvalue weighted by Crippen LogP contribution is 2.42. The topological polar surface area (TPSA) is 107 Å². The van der Waals surface area contributed by atoms with Crippen LogP contribution in [0.1, 0.15) is 38.2 Å². The van der Waals surface area contributed by atoms with E-state index in [0.717, 1.165) is 28.4 Å². The fraction of sp³-hybridized carbons (Fsp3) is 0.375. The molecule has 180 valence electrons. The standard InChI is InChI=1S/C24H28N4O4S2/c1-2-28(34(30,31)19-8-4-3-5-9-19)17-22(29)32-20-10-6-7-13-24(20,23(25)33)18-11-12-21-26-14-15-27(21)16-18/h3-5,8-9,11-12,14-16,20H,2,6-7,10,13,17H2,1H3,(H2,25,33). The highest BCUT2D eigenvalue weighted by Gasteiger charge is 2.47. The summed E-state index contributed by atoms with van der Waals surface area (Å²) >= 11 is 5.53. The molecule has 1 fully saturated rings. The van der Waals surface area contributed by atoms with Crippen molar-refractivity contribution >= 4 is 38.8 Å². The lowest BCUT2D eigenvalue weighted by Gasteiger charge is -2.43. The van der Waals surface area contributed by atoms with Crippen molar-refractivity contribution in [2.45, 2.75) is 49.0 Å². The van der Waals surface area contributed by atoms with Gasteiger partial charge in [-0.15, -0.1) is 0 Å². The Morgan fingerprint density at radius 2 is 2.03 bits per heavy atom. The molecule has 0 radical (unpaired) electrons. The minimum absolute atomic E-state index is 0.133. The Hall–Kier alpha value is -2.82. The molecule has 8 nitrogen and oxygen atoms in total. The summed E-state index contributed by atoms with van der Waals surface area (Å²) in [6, 6.07) is 11.9. The molecule has 1 aliphatic carbocycles. The van der Waals surface area contributed by atoms with Gasteiger partial charge in [-0.25, -0.2) is 13.4 Å². The van der Waals surface area contributed by atoms with Crippen LogP contribution in [0.2, 0.25) is 0 Å². The van der Waals surface area contributed by atoms with Gasteiger partial charge in [0, 0.05) is 25.1 Å². The van der Waals surface area contributed by atoms with Gasteiger partial charge in [-0.2, -0.15) is 4.31 Å². The number of esters is 1. The fourth-order valence-electron chi connectivity index (χ4n) is 4.69. The third-order valence-electron chi connectivity index (χ3n) is 6.49. The summed E-state index contributed by atoms with van der Waals surface area (Å²) in [5.41, 5.74) is 7.11. The van der Waals surface area contributed by atoms with E-state index in [-0.39, 0.29) is 16.4 Å². The van der Waals surface area contributed by atoms with E-state index in [0.29, 0.717) is 12.8 Å². The van der Waals surface area contributed by atoms with Gasteiger partial charge in [0.2, 0.25) is 10.0 Å². The number of carbonyl (C=O) groups is 1. The first-order valence-electron chi connectivity index (χ1n) is 11.3. The second-order valence-corrected chi connectivity index (χ2v) is 10.8. The average Bonchev–Trinajstić information content (AvgIpc) is 3.31. The number of thiocarbonyl (C=S) groups is 1. The van der Waals surface area contributed by atoms with E-state index in [1.54, 1.807) is 31.3 Å². The van der Waals surface area contributed by atoms with Gasteiger partial charge >= 0.3 is 5.97 Å². The number of sulfonamides is 1. The number of nitrogens with zero attached hydrogens (tertiary/aromatic N) is 3. The molecule has 0 aliphatic heterocycles. The Labute approximate surface area is 204 Å². The van der Waals surface area contributed by atoms with Crippen molar-refractivity contribution in [2.24, 2.45) is 5.73 Å². The summed E-state index contributed by atoms with van der Waals surface area (Å²) in [4.78, 5) is 17.7. The molecule has 2 unspecified atom stereocenters. The maximum atomic E-state index is 13.0. The van der Waals surface area contributed by atoms with E-state index in [4.69, 9.17) is 22.7 Å². The van der Waals surface area contributed by atoms with Gasteiger partial charge in [0.25, 0.3) is 0 Å². The van der Waals surface area contributed by atoms with Gasteiger partial charge in [0.05, 0.1) is 15.3 Å². The van der Waals surface area contributed by atoms with Gasteiger partial charge in [-0.05, 0) is 43.0 Å². The third-order valence-corrected chi connectivity index (χ3v) is 8.79. The number of nitrogens with two attached hydrogens (primary N) is 1. The number of hydrogen-bond acceptors (Lipinski definition) is 6. The Kier molecular flexibility index (Phi) is 7.01. The van der Waals surface area contributed by atoms with Crippen LogP contribution in [-0.4, -0.2) is 52.3 Å². The summed E-state index contributed by atoms with van der Waals surface area (Å²) in [7, 11) is -3.83. The first kappa shape index (κ1) is 24.3. The molecule has 0 spiro atoms. The Morgan fingerprint density at radius 1 is 1.26 bits per heavy atom. The van der Waals surface area contributed by atoms with Crippen LogP contribution in [0, 0.1) is 0 Å². The molecule has 10 heteroatoms. The van der Waals surface area contributed by atoms with E-state index in [1.165, 1.54) is 12.1 Å². The number of ether oxygens (including phenoxy) is 1. The summed E-state index contributed by atoms with van der Waals surface area (Å²) in [6.07, 6.45) is 7.84. The van der Waals surface area contributed by atoms with Crippen molar-refractivity contribution in [3.8, 4) is 0 Å². The number of rotatable bonds is 8. The summed E-state index contributed by atoms with van der Waals surface area (Å²) in [5, 5.41) is 0. The molecule has 4 rings (SSSR count). The number of hydrogen-bond donors (Lipinski definition) is 1. The molecule has 2 aromatic heterocycles. The SMILES string of the molecule is CCN(CC(=O)OC1CCCCC1(C(N)=S)c1ccc2nccn2c1)S(=O)(=O)c1ccccc1. The highest BCUT2D eigenvalue weighted by atomic mass is 32.2. The molecule has 0 amide bonds. The van der Waals surface area contributed by atoms with Crippen LogP contribution in [0.4, 0.5) is 0 Å². The van der Waals surface area contributed by atoms with Crippen molar-refractivity contribution in [1.82, 2.24) is 13.7 Å². The van der Waals surface area contributed by atoms with Crippen molar-refractivity contribution in [2.75, 3.05) is 13.1 Å². The number of imidazole rings is 1. The van der Waals surface area contributed by atoms with Crippen LogP contribution < -0.4 is 5.73 Å². The van der Waals surface area contributed by atoms with Gasteiger partial charge < -0.3 is 14.9 Å². The number of benzene rings is 1. The zero-order valence-corrected chi connectivity index (χ0v) is 20.6. The first-order chi connectivity index (χ1) is 16.3.